The number of nitrogens with zero attached hydrogens (tertiary/aromatic N) is 3. The lowest BCUT2D eigenvalue weighted by molar-refractivity contribution is -0.138. The summed E-state index contributed by atoms with van der Waals surface area (Å²) in [6, 6.07) is 5.67. The number of carbonyl (C=O) groups excluding carboxylic acids is 1. The summed E-state index contributed by atoms with van der Waals surface area (Å²) in [5, 5.41) is 0. The number of piperidine rings is 1. The van der Waals surface area contributed by atoms with Crippen molar-refractivity contribution in [3.05, 3.63) is 29.6 Å². The minimum atomic E-state index is -3.21. The van der Waals surface area contributed by atoms with Gasteiger partial charge in [-0.3, -0.25) is 9.78 Å². The van der Waals surface area contributed by atoms with Crippen molar-refractivity contribution in [2.75, 3.05) is 12.3 Å². The molecule has 0 spiro atoms. The van der Waals surface area contributed by atoms with E-state index in [0.717, 1.165) is 11.4 Å². The van der Waals surface area contributed by atoms with Crippen LogP contribution in [0.25, 0.3) is 0 Å². The number of aromatic nitrogens is 1. The second-order valence-corrected chi connectivity index (χ2v) is 8.48. The van der Waals surface area contributed by atoms with Gasteiger partial charge in [0.1, 0.15) is 0 Å². The topological polar surface area (TPSA) is 70.6 Å². The first-order chi connectivity index (χ1) is 10.9. The van der Waals surface area contributed by atoms with Crippen LogP contribution in [-0.2, 0) is 21.4 Å². The summed E-state index contributed by atoms with van der Waals surface area (Å²) in [5.41, 5.74) is 1.78. The number of amides is 1. The maximum atomic E-state index is 12.4. The van der Waals surface area contributed by atoms with E-state index in [2.05, 4.69) is 4.98 Å². The first-order valence-corrected chi connectivity index (χ1v) is 9.75. The molecular weight excluding hydrogens is 314 g/mol. The molecule has 2 aliphatic heterocycles. The summed E-state index contributed by atoms with van der Waals surface area (Å²) in [6.45, 7) is 4.57. The molecule has 2 saturated heterocycles. The van der Waals surface area contributed by atoms with Gasteiger partial charge in [0.25, 0.3) is 0 Å². The van der Waals surface area contributed by atoms with E-state index in [1.54, 1.807) is 11.2 Å². The third-order valence-electron chi connectivity index (χ3n) is 4.83. The molecule has 0 radical (unpaired) electrons. The second-order valence-electron chi connectivity index (χ2n) is 6.27. The molecule has 1 amide bonds. The van der Waals surface area contributed by atoms with Gasteiger partial charge in [-0.25, -0.2) is 8.42 Å². The van der Waals surface area contributed by atoms with Gasteiger partial charge in [0.05, 0.1) is 18.0 Å². The summed E-state index contributed by atoms with van der Waals surface area (Å²) in [4.78, 5) is 18.7. The highest BCUT2D eigenvalue weighted by atomic mass is 32.2. The highest BCUT2D eigenvalue weighted by Crippen LogP contribution is 2.34. The molecule has 0 N–H and O–H groups in total. The Labute approximate surface area is 137 Å². The molecule has 0 aromatic carbocycles. The Bertz CT molecular complexity index is 704. The molecule has 0 unspecified atom stereocenters. The molecule has 3 heterocycles. The van der Waals surface area contributed by atoms with Gasteiger partial charge < -0.3 is 4.90 Å². The number of hydrogen-bond acceptors (Lipinski definition) is 4. The number of rotatable bonds is 4. The van der Waals surface area contributed by atoms with Gasteiger partial charge in [0.2, 0.25) is 15.9 Å². The van der Waals surface area contributed by atoms with Crippen LogP contribution in [0, 0.1) is 6.92 Å². The van der Waals surface area contributed by atoms with Gasteiger partial charge in [0, 0.05) is 30.7 Å². The molecule has 6 nitrogen and oxygen atoms in total. The lowest BCUT2D eigenvalue weighted by Gasteiger charge is -2.39. The van der Waals surface area contributed by atoms with E-state index in [1.165, 1.54) is 0 Å². The standard InChI is InChI=1S/C16H23N3O3S/c1-3-23(21,22)19-10-9-14-15(19)7-8-16(20)18(14)11-13-6-4-5-12(2)17-13/h4-6,14-15H,3,7-11H2,1-2H3/t14-,15-/m1/s1. The zero-order chi connectivity index (χ0) is 16.6. The van der Waals surface area contributed by atoms with Gasteiger partial charge in [-0.1, -0.05) is 6.07 Å². The van der Waals surface area contributed by atoms with Crippen LogP contribution in [-0.4, -0.2) is 52.9 Å². The molecule has 0 bridgehead atoms. The monoisotopic (exact) mass is 337 g/mol. The normalized spacial score (nSPS) is 25.7. The van der Waals surface area contributed by atoms with Crippen molar-refractivity contribution >= 4 is 15.9 Å². The van der Waals surface area contributed by atoms with Crippen molar-refractivity contribution in [1.82, 2.24) is 14.2 Å². The zero-order valence-electron chi connectivity index (χ0n) is 13.6. The first-order valence-electron chi connectivity index (χ1n) is 8.14. The maximum absolute atomic E-state index is 12.4. The minimum Gasteiger partial charge on any atom is -0.332 e. The largest absolute Gasteiger partial charge is 0.332 e. The van der Waals surface area contributed by atoms with Crippen LogP contribution in [0.2, 0.25) is 0 Å². The van der Waals surface area contributed by atoms with Crippen molar-refractivity contribution in [3.8, 4) is 0 Å². The Morgan fingerprint density at radius 2 is 2.04 bits per heavy atom. The lowest BCUT2D eigenvalue weighted by Crippen LogP contribution is -2.53. The quantitative estimate of drug-likeness (QED) is 0.830. The smallest absolute Gasteiger partial charge is 0.223 e. The van der Waals surface area contributed by atoms with Crippen molar-refractivity contribution in [2.24, 2.45) is 0 Å². The number of fused-ring (bicyclic) bond motifs is 1. The number of hydrogen-bond donors (Lipinski definition) is 0. The van der Waals surface area contributed by atoms with Gasteiger partial charge in [-0.15, -0.1) is 0 Å². The van der Waals surface area contributed by atoms with Crippen molar-refractivity contribution in [1.29, 1.82) is 0 Å². The fourth-order valence-electron chi connectivity index (χ4n) is 3.69. The van der Waals surface area contributed by atoms with E-state index >= 15 is 0 Å². The average molecular weight is 337 g/mol. The molecule has 23 heavy (non-hydrogen) atoms. The van der Waals surface area contributed by atoms with Gasteiger partial charge in [0.15, 0.2) is 0 Å². The summed E-state index contributed by atoms with van der Waals surface area (Å²) in [5.74, 6) is 0.217. The Morgan fingerprint density at radius 1 is 1.26 bits per heavy atom. The predicted octanol–water partition coefficient (Wildman–Crippen LogP) is 1.31. The molecule has 1 aromatic rings. The van der Waals surface area contributed by atoms with Crippen LogP contribution in [0.15, 0.2) is 18.2 Å². The molecular formula is C16H23N3O3S. The van der Waals surface area contributed by atoms with Crippen LogP contribution >= 0.6 is 0 Å². The van der Waals surface area contributed by atoms with Crippen LogP contribution in [0.1, 0.15) is 37.6 Å². The molecule has 0 saturated carbocycles. The fraction of sp³-hybridized carbons (Fsp3) is 0.625. The molecule has 1 aromatic heterocycles. The molecule has 2 atom stereocenters. The summed E-state index contributed by atoms with van der Waals surface area (Å²) < 4.78 is 26.1. The average Bonchev–Trinajstić information content (AvgIpc) is 2.95. The number of likely N-dealkylation sites (tertiary alicyclic amines) is 1. The van der Waals surface area contributed by atoms with Gasteiger partial charge in [-0.05, 0) is 38.8 Å². The summed E-state index contributed by atoms with van der Waals surface area (Å²) in [7, 11) is -3.21. The van der Waals surface area contributed by atoms with E-state index in [4.69, 9.17) is 0 Å². The number of sulfonamides is 1. The number of carbonyl (C=O) groups is 1. The Balaban J connectivity index is 1.82. The second kappa shape index (κ2) is 6.20. The SMILES string of the molecule is CCS(=O)(=O)N1CC[C@@H]2[C@H]1CCC(=O)N2Cc1cccc(C)n1. The zero-order valence-corrected chi connectivity index (χ0v) is 14.4. The van der Waals surface area contributed by atoms with Gasteiger partial charge >= 0.3 is 0 Å². The number of pyridine rings is 1. The predicted molar refractivity (Wildman–Crippen MR) is 87.1 cm³/mol. The van der Waals surface area contributed by atoms with Crippen molar-refractivity contribution < 1.29 is 13.2 Å². The van der Waals surface area contributed by atoms with Crippen LogP contribution in [0.3, 0.4) is 0 Å². The van der Waals surface area contributed by atoms with E-state index in [1.807, 2.05) is 30.0 Å². The molecule has 7 heteroatoms. The van der Waals surface area contributed by atoms with Crippen LogP contribution in [0.5, 0.6) is 0 Å². The van der Waals surface area contributed by atoms with Crippen molar-refractivity contribution in [2.45, 2.75) is 51.7 Å². The van der Waals surface area contributed by atoms with Crippen LogP contribution in [0.4, 0.5) is 0 Å². The molecule has 2 aliphatic rings. The first kappa shape index (κ1) is 16.4. The molecule has 3 rings (SSSR count). The third kappa shape index (κ3) is 3.12. The lowest BCUT2D eigenvalue weighted by atomic mass is 9.96. The maximum Gasteiger partial charge on any atom is 0.223 e. The Hall–Kier alpha value is -1.47. The fourth-order valence-corrected chi connectivity index (χ4v) is 5.06. The Kier molecular flexibility index (Phi) is 4.42. The highest BCUT2D eigenvalue weighted by molar-refractivity contribution is 7.89. The number of aryl methyl sites for hydroxylation is 1. The third-order valence-corrected chi connectivity index (χ3v) is 6.73. The molecule has 2 fully saturated rings. The van der Waals surface area contributed by atoms with Crippen LogP contribution < -0.4 is 0 Å². The highest BCUT2D eigenvalue weighted by Gasteiger charge is 2.46. The summed E-state index contributed by atoms with van der Waals surface area (Å²) in [6.07, 6.45) is 1.74. The van der Waals surface area contributed by atoms with E-state index in [0.29, 0.717) is 32.4 Å². The summed E-state index contributed by atoms with van der Waals surface area (Å²) >= 11 is 0. The van der Waals surface area contributed by atoms with Gasteiger partial charge in [-0.2, -0.15) is 4.31 Å². The molecule has 0 aliphatic carbocycles. The molecule has 126 valence electrons. The van der Waals surface area contributed by atoms with E-state index in [9.17, 15) is 13.2 Å². The minimum absolute atomic E-state index is 0.0279. The Morgan fingerprint density at radius 3 is 2.74 bits per heavy atom. The van der Waals surface area contributed by atoms with E-state index in [-0.39, 0.29) is 23.7 Å². The van der Waals surface area contributed by atoms with Crippen molar-refractivity contribution in [3.63, 3.8) is 0 Å². The van der Waals surface area contributed by atoms with E-state index < -0.39 is 10.0 Å².